The Labute approximate surface area is 321 Å². The van der Waals surface area contributed by atoms with Crippen molar-refractivity contribution in [3.8, 4) is 23.0 Å². The summed E-state index contributed by atoms with van der Waals surface area (Å²) in [6.45, 7) is 3.56. The van der Waals surface area contributed by atoms with E-state index in [0.29, 0.717) is 82.3 Å². The number of anilines is 2. The van der Waals surface area contributed by atoms with Crippen LogP contribution in [-0.2, 0) is 23.9 Å². The van der Waals surface area contributed by atoms with Crippen LogP contribution in [-0.4, -0.2) is 82.7 Å². The number of carboxylic acid groups (broad SMARTS) is 1. The van der Waals surface area contributed by atoms with E-state index in [-0.39, 0.29) is 80.9 Å². The molecule has 5 aromatic rings. The summed E-state index contributed by atoms with van der Waals surface area (Å²) in [5.41, 5.74) is 0.650. The van der Waals surface area contributed by atoms with Crippen LogP contribution in [0.1, 0.15) is 56.6 Å². The number of ether oxygens (including phenoxy) is 5. The average molecular weight is 769 g/mol. The molecule has 2 aliphatic rings. The molecule has 0 radical (unpaired) electrons. The fraction of sp³-hybridized carbons (Fsp3) is 0.405. The Hall–Kier alpha value is -5.89. The summed E-state index contributed by atoms with van der Waals surface area (Å²) < 4.78 is 28.0. The van der Waals surface area contributed by atoms with Gasteiger partial charge in [-0.15, -0.1) is 0 Å². The molecule has 5 aromatic carbocycles. The fourth-order valence-corrected chi connectivity index (χ4v) is 8.96. The summed E-state index contributed by atoms with van der Waals surface area (Å²) in [6, 6.07) is 2.87. The molecule has 4 N–H and O–H groups in total. The van der Waals surface area contributed by atoms with Crippen LogP contribution in [0.3, 0.4) is 0 Å². The molecule has 14 nitrogen and oxygen atoms in total. The van der Waals surface area contributed by atoms with Crippen LogP contribution < -0.4 is 35.7 Å². The van der Waals surface area contributed by atoms with Gasteiger partial charge in [-0.1, -0.05) is 11.6 Å². The number of phenolic OH excluding ortho intramolecular Hbond substituents is 1. The molecule has 7 rings (SSSR count). The number of allylic oxidation sites excluding steroid dienone is 1. The number of phenols is 1. The van der Waals surface area contributed by atoms with Gasteiger partial charge in [-0.2, -0.15) is 0 Å². The van der Waals surface area contributed by atoms with E-state index in [1.807, 2.05) is 0 Å². The molecule has 1 atom stereocenters. The first-order chi connectivity index (χ1) is 26.9. The van der Waals surface area contributed by atoms with Gasteiger partial charge in [0.05, 0.1) is 61.9 Å². The highest BCUT2D eigenvalue weighted by molar-refractivity contribution is 6.40. The lowest BCUT2D eigenvalue weighted by Crippen LogP contribution is -2.28. The van der Waals surface area contributed by atoms with Crippen LogP contribution in [0.15, 0.2) is 27.3 Å². The zero-order valence-corrected chi connectivity index (χ0v) is 32.1. The molecule has 0 aliphatic heterocycles. The molecule has 1 saturated carbocycles. The molecule has 14 heteroatoms. The van der Waals surface area contributed by atoms with Crippen LogP contribution in [0.5, 0.6) is 23.0 Å². The summed E-state index contributed by atoms with van der Waals surface area (Å²) in [5.74, 6) is -2.85. The van der Waals surface area contributed by atoms with Crippen molar-refractivity contribution in [3.05, 3.63) is 49.3 Å². The van der Waals surface area contributed by atoms with Crippen molar-refractivity contribution in [2.75, 3.05) is 65.4 Å². The lowest BCUT2D eigenvalue weighted by atomic mass is 9.80. The minimum absolute atomic E-state index is 0.0589. The van der Waals surface area contributed by atoms with Crippen LogP contribution in [0, 0.1) is 11.8 Å². The predicted octanol–water partition coefficient (Wildman–Crippen LogP) is 5.62. The van der Waals surface area contributed by atoms with Crippen LogP contribution in [0.4, 0.5) is 11.4 Å². The van der Waals surface area contributed by atoms with Gasteiger partial charge in [0.25, 0.3) is 0 Å². The highest BCUT2D eigenvalue weighted by Gasteiger charge is 2.37. The van der Waals surface area contributed by atoms with Gasteiger partial charge in [0, 0.05) is 63.8 Å². The van der Waals surface area contributed by atoms with E-state index in [1.54, 1.807) is 26.2 Å². The minimum Gasteiger partial charge on any atom is -0.507 e. The quantitative estimate of drug-likeness (QED) is 0.0470. The molecule has 2 aliphatic carbocycles. The van der Waals surface area contributed by atoms with E-state index in [2.05, 4.69) is 10.6 Å². The van der Waals surface area contributed by atoms with E-state index < -0.39 is 29.3 Å². The Morgan fingerprint density at radius 1 is 0.786 bits per heavy atom. The summed E-state index contributed by atoms with van der Waals surface area (Å²) in [4.78, 5) is 67.8. The topological polar surface area (TPSA) is 196 Å². The minimum atomic E-state index is -1.16. The SMILES string of the molecule is COCCOC(=O)C1CCC(CNc2c3c4c5c(c(OC)c(=O)c6c(O)cc(OC)c(c7c(OC)cc(NCC(=O)O)c(c2=O)c74)c65)C(C(C)=O)C(C)=C3)CC1. The number of carboxylic acids is 1. The maximum absolute atomic E-state index is 15.1. The van der Waals surface area contributed by atoms with Crippen LogP contribution in [0.2, 0.25) is 0 Å². The number of hydrogen-bond donors (Lipinski definition) is 4. The molecular formula is C42H44N2O12. The van der Waals surface area contributed by atoms with Gasteiger partial charge in [0.1, 0.15) is 36.2 Å². The van der Waals surface area contributed by atoms with Gasteiger partial charge in [-0.05, 0) is 50.8 Å². The second-order valence-corrected chi connectivity index (χ2v) is 14.6. The maximum atomic E-state index is 15.1. The van der Waals surface area contributed by atoms with Crippen molar-refractivity contribution >= 4 is 78.3 Å². The molecule has 0 amide bonds. The van der Waals surface area contributed by atoms with Gasteiger partial charge >= 0.3 is 11.9 Å². The van der Waals surface area contributed by atoms with Gasteiger partial charge in [-0.3, -0.25) is 24.0 Å². The lowest BCUT2D eigenvalue weighted by molar-refractivity contribution is -0.151. The van der Waals surface area contributed by atoms with Gasteiger partial charge < -0.3 is 44.5 Å². The van der Waals surface area contributed by atoms with Crippen molar-refractivity contribution in [3.63, 3.8) is 0 Å². The molecule has 294 valence electrons. The molecule has 0 bridgehead atoms. The second-order valence-electron chi connectivity index (χ2n) is 14.6. The van der Waals surface area contributed by atoms with E-state index in [0.717, 1.165) is 0 Å². The molecule has 56 heavy (non-hydrogen) atoms. The first-order valence-electron chi connectivity index (χ1n) is 18.5. The number of rotatable bonds is 14. The van der Waals surface area contributed by atoms with E-state index in [1.165, 1.54) is 34.3 Å². The predicted molar refractivity (Wildman–Crippen MR) is 213 cm³/mol. The number of hydrogen-bond acceptors (Lipinski definition) is 13. The molecule has 0 saturated heterocycles. The first-order valence-corrected chi connectivity index (χ1v) is 18.5. The number of Topliss-reactive ketones (excluding diaryl/α,β-unsaturated/α-hetero) is 1. The first kappa shape index (κ1) is 38.4. The molecule has 1 fully saturated rings. The largest absolute Gasteiger partial charge is 0.507 e. The monoisotopic (exact) mass is 768 g/mol. The number of esters is 1. The molecule has 0 aromatic heterocycles. The third-order valence-corrected chi connectivity index (χ3v) is 11.4. The molecule has 1 unspecified atom stereocenters. The van der Waals surface area contributed by atoms with Crippen molar-refractivity contribution in [2.24, 2.45) is 11.8 Å². The fourth-order valence-electron chi connectivity index (χ4n) is 8.96. The van der Waals surface area contributed by atoms with E-state index in [9.17, 15) is 29.4 Å². The highest BCUT2D eigenvalue weighted by Crippen LogP contribution is 2.56. The maximum Gasteiger partial charge on any atom is 0.322 e. The summed E-state index contributed by atoms with van der Waals surface area (Å²) in [6.07, 6.45) is 4.43. The number of aliphatic carboxylic acids is 1. The second kappa shape index (κ2) is 15.0. The van der Waals surface area contributed by atoms with Crippen molar-refractivity contribution in [1.29, 1.82) is 0 Å². The number of benzene rings is 5. The molecule has 0 heterocycles. The lowest BCUT2D eigenvalue weighted by Gasteiger charge is -2.28. The number of fused-ring (bicyclic) bond motifs is 1. The Morgan fingerprint density at radius 3 is 2.05 bits per heavy atom. The number of ketones is 1. The Morgan fingerprint density at radius 2 is 1.45 bits per heavy atom. The van der Waals surface area contributed by atoms with Gasteiger partial charge in [0.15, 0.2) is 5.75 Å². The zero-order valence-electron chi connectivity index (χ0n) is 32.1. The summed E-state index contributed by atoms with van der Waals surface area (Å²) in [7, 11) is 5.73. The van der Waals surface area contributed by atoms with E-state index >= 15 is 4.79 Å². The third kappa shape index (κ3) is 6.03. The van der Waals surface area contributed by atoms with E-state index in [4.69, 9.17) is 23.7 Å². The Balaban J connectivity index is 1.57. The summed E-state index contributed by atoms with van der Waals surface area (Å²) >= 11 is 0. The number of carbonyl (C=O) groups excluding carboxylic acids is 2. The van der Waals surface area contributed by atoms with Gasteiger partial charge in [-0.25, -0.2) is 0 Å². The third-order valence-electron chi connectivity index (χ3n) is 11.4. The van der Waals surface area contributed by atoms with Crippen molar-refractivity contribution < 1.29 is 48.3 Å². The van der Waals surface area contributed by atoms with Gasteiger partial charge in [0.2, 0.25) is 10.9 Å². The normalized spacial score (nSPS) is 18.0. The average Bonchev–Trinajstić information content (AvgIpc) is 3.30. The van der Waals surface area contributed by atoms with Crippen molar-refractivity contribution in [1.82, 2.24) is 0 Å². The number of nitrogens with one attached hydrogen (secondary N) is 2. The van der Waals surface area contributed by atoms with Crippen LogP contribution >= 0.6 is 0 Å². The zero-order chi connectivity index (χ0) is 40.2. The number of aromatic hydroxyl groups is 1. The van der Waals surface area contributed by atoms with Crippen LogP contribution in [0.25, 0.3) is 49.2 Å². The van der Waals surface area contributed by atoms with Crippen molar-refractivity contribution in [2.45, 2.75) is 45.4 Å². The standard InChI is InChI=1S/C42H44N2O12/c1-18-13-22-29-34-30(39(49)38(22)44-16-20-7-9-21(10-8-20)42(51)56-12-11-52-3)23(43-17-27(47)48)14-25(53-4)32(34)33-26(54-5)15-24(46)31-36(33)35(29)37(28(18)19(2)45)41(55-6)40(31)50/h13-15,20-21,28,43-44,46H,7-12,16-17H2,1-6H3,(H,47,48). The number of carbonyl (C=O) groups is 3. The molecule has 0 spiro atoms. The molecular weight excluding hydrogens is 724 g/mol. The Kier molecular flexibility index (Phi) is 10.3. The summed E-state index contributed by atoms with van der Waals surface area (Å²) in [5, 5.41) is 30.0. The Bertz CT molecular complexity index is 2570. The highest BCUT2D eigenvalue weighted by atomic mass is 16.6. The smallest absolute Gasteiger partial charge is 0.322 e. The number of methoxy groups -OCH3 is 4.